The second-order valence-corrected chi connectivity index (χ2v) is 8.84. The summed E-state index contributed by atoms with van der Waals surface area (Å²) in [4.78, 5) is 33.0. The SMILES string of the molecule is CC(C)(I)OC(=O)N1CCc2c(c(=O)[nH]c3nccc(Cl)c23)C1. The molecule has 0 unspecified atom stereocenters. The van der Waals surface area contributed by atoms with Gasteiger partial charge in [-0.05, 0) is 54.5 Å². The maximum atomic E-state index is 12.3. The van der Waals surface area contributed by atoms with E-state index >= 15 is 0 Å². The number of aromatic amines is 1. The van der Waals surface area contributed by atoms with Crippen molar-refractivity contribution in [2.24, 2.45) is 0 Å². The minimum atomic E-state index is -0.599. The van der Waals surface area contributed by atoms with E-state index in [9.17, 15) is 9.59 Å². The average Bonchev–Trinajstić information content (AvgIpc) is 2.45. The molecule has 0 aromatic carbocycles. The lowest BCUT2D eigenvalue weighted by atomic mass is 9.98. The molecular weight excluding hydrogens is 433 g/mol. The highest BCUT2D eigenvalue weighted by molar-refractivity contribution is 14.1. The van der Waals surface area contributed by atoms with Crippen LogP contribution in [0.1, 0.15) is 25.0 Å². The number of nitrogens with one attached hydrogen (secondary N) is 1. The summed E-state index contributed by atoms with van der Waals surface area (Å²) in [5, 5.41) is 1.30. The first kappa shape index (κ1) is 16.5. The number of rotatable bonds is 1. The van der Waals surface area contributed by atoms with Crippen LogP contribution in [0, 0.1) is 0 Å². The van der Waals surface area contributed by atoms with Crippen LogP contribution in [0.2, 0.25) is 5.02 Å². The summed E-state index contributed by atoms with van der Waals surface area (Å²) in [6.07, 6.45) is 1.67. The van der Waals surface area contributed by atoms with Gasteiger partial charge in [0.05, 0.1) is 11.6 Å². The summed E-state index contributed by atoms with van der Waals surface area (Å²) in [5.41, 5.74) is 1.64. The molecule has 8 heteroatoms. The number of alkyl halides is 1. The molecule has 1 aliphatic heterocycles. The zero-order valence-electron chi connectivity index (χ0n) is 12.7. The average molecular weight is 448 g/mol. The van der Waals surface area contributed by atoms with Gasteiger partial charge in [-0.15, -0.1) is 0 Å². The Morgan fingerprint density at radius 2 is 2.22 bits per heavy atom. The van der Waals surface area contributed by atoms with E-state index in [1.807, 2.05) is 22.6 Å². The third-order valence-electron chi connectivity index (χ3n) is 3.64. The molecule has 0 fully saturated rings. The Bertz CT molecular complexity index is 844. The molecule has 2 aromatic heterocycles. The maximum absolute atomic E-state index is 12.3. The minimum Gasteiger partial charge on any atom is -0.433 e. The summed E-state index contributed by atoms with van der Waals surface area (Å²) < 4.78 is 4.77. The molecule has 1 N–H and O–H groups in total. The standard InChI is InChI=1S/C15H15ClIN3O3/c1-15(2,17)23-14(22)20-6-4-8-9(7-20)13(21)19-12-11(8)10(16)3-5-18-12/h3,5H,4,6-7H2,1-2H3,(H,18,19,21). The molecule has 0 saturated heterocycles. The maximum Gasteiger partial charge on any atom is 0.411 e. The molecule has 3 rings (SSSR count). The fourth-order valence-electron chi connectivity index (χ4n) is 2.68. The first-order chi connectivity index (χ1) is 10.8. The van der Waals surface area contributed by atoms with Crippen molar-refractivity contribution >= 4 is 51.3 Å². The normalized spacial score (nSPS) is 14.7. The van der Waals surface area contributed by atoms with Crippen LogP contribution >= 0.6 is 34.2 Å². The summed E-state index contributed by atoms with van der Waals surface area (Å²) in [6, 6.07) is 1.70. The van der Waals surface area contributed by atoms with Gasteiger partial charge in [0, 0.05) is 23.7 Å². The number of carbonyl (C=O) groups is 1. The lowest BCUT2D eigenvalue weighted by molar-refractivity contribution is 0.0660. The number of aromatic nitrogens is 2. The molecule has 1 aliphatic rings. The third-order valence-corrected chi connectivity index (χ3v) is 4.18. The van der Waals surface area contributed by atoms with Gasteiger partial charge in [-0.25, -0.2) is 9.78 Å². The monoisotopic (exact) mass is 447 g/mol. The van der Waals surface area contributed by atoms with Gasteiger partial charge in [-0.2, -0.15) is 0 Å². The highest BCUT2D eigenvalue weighted by atomic mass is 127. The van der Waals surface area contributed by atoms with E-state index in [1.54, 1.807) is 26.1 Å². The number of fused-ring (bicyclic) bond motifs is 3. The highest BCUT2D eigenvalue weighted by Gasteiger charge is 2.29. The topological polar surface area (TPSA) is 75.3 Å². The van der Waals surface area contributed by atoms with Gasteiger partial charge in [0.15, 0.2) is 3.61 Å². The number of amides is 1. The third kappa shape index (κ3) is 3.30. The summed E-state index contributed by atoms with van der Waals surface area (Å²) in [6.45, 7) is 4.28. The zero-order valence-corrected chi connectivity index (χ0v) is 15.6. The molecule has 1 amide bonds. The Morgan fingerprint density at radius 3 is 2.91 bits per heavy atom. The van der Waals surface area contributed by atoms with Crippen molar-refractivity contribution in [3.8, 4) is 0 Å². The molecule has 6 nitrogen and oxygen atoms in total. The fraction of sp³-hybridized carbons (Fsp3) is 0.400. The van der Waals surface area contributed by atoms with Crippen LogP contribution < -0.4 is 5.56 Å². The van der Waals surface area contributed by atoms with Gasteiger partial charge in [-0.1, -0.05) is 11.6 Å². The molecule has 0 radical (unpaired) electrons. The van der Waals surface area contributed by atoms with Crippen molar-refractivity contribution in [1.29, 1.82) is 0 Å². The van der Waals surface area contributed by atoms with Gasteiger partial charge in [0.2, 0.25) is 0 Å². The van der Waals surface area contributed by atoms with E-state index in [2.05, 4.69) is 9.97 Å². The van der Waals surface area contributed by atoms with Crippen LogP contribution in [0.5, 0.6) is 0 Å². The molecule has 2 aromatic rings. The Hall–Kier alpha value is -1.35. The Morgan fingerprint density at radius 1 is 1.48 bits per heavy atom. The Kier molecular flexibility index (Phi) is 4.26. The van der Waals surface area contributed by atoms with E-state index in [4.69, 9.17) is 16.3 Å². The van der Waals surface area contributed by atoms with Crippen LogP contribution in [-0.2, 0) is 17.7 Å². The largest absolute Gasteiger partial charge is 0.433 e. The van der Waals surface area contributed by atoms with Crippen molar-refractivity contribution in [1.82, 2.24) is 14.9 Å². The predicted molar refractivity (Wildman–Crippen MR) is 96.1 cm³/mol. The molecule has 3 heterocycles. The highest BCUT2D eigenvalue weighted by Crippen LogP contribution is 2.29. The molecular formula is C15H15ClIN3O3. The molecule has 122 valence electrons. The summed E-state index contributed by atoms with van der Waals surface area (Å²) >= 11 is 8.31. The van der Waals surface area contributed by atoms with E-state index < -0.39 is 9.70 Å². The smallest absolute Gasteiger partial charge is 0.411 e. The number of nitrogens with zero attached hydrogens (tertiary/aromatic N) is 2. The van der Waals surface area contributed by atoms with E-state index in [-0.39, 0.29) is 12.1 Å². The van der Waals surface area contributed by atoms with Gasteiger partial charge < -0.3 is 14.6 Å². The number of ether oxygens (including phenoxy) is 1. The van der Waals surface area contributed by atoms with Gasteiger partial charge in [-0.3, -0.25) is 4.79 Å². The molecule has 0 bridgehead atoms. The minimum absolute atomic E-state index is 0.206. The Labute approximate surface area is 151 Å². The zero-order chi connectivity index (χ0) is 16.8. The first-order valence-corrected chi connectivity index (χ1v) is 8.57. The van der Waals surface area contributed by atoms with Crippen molar-refractivity contribution in [3.05, 3.63) is 38.8 Å². The van der Waals surface area contributed by atoms with Crippen LogP contribution in [0.15, 0.2) is 17.1 Å². The van der Waals surface area contributed by atoms with Crippen LogP contribution in [-0.4, -0.2) is 31.1 Å². The molecule has 0 saturated carbocycles. The lowest BCUT2D eigenvalue weighted by Gasteiger charge is -2.30. The second-order valence-electron chi connectivity index (χ2n) is 5.83. The number of H-pyrrole nitrogens is 1. The lowest BCUT2D eigenvalue weighted by Crippen LogP contribution is -2.41. The van der Waals surface area contributed by atoms with Gasteiger partial charge in [0.1, 0.15) is 5.65 Å². The number of hydrogen-bond acceptors (Lipinski definition) is 4. The van der Waals surface area contributed by atoms with Gasteiger partial charge in [0.25, 0.3) is 5.56 Å². The van der Waals surface area contributed by atoms with Gasteiger partial charge >= 0.3 is 6.09 Å². The van der Waals surface area contributed by atoms with Crippen molar-refractivity contribution in [3.63, 3.8) is 0 Å². The number of halogens is 2. The fourth-order valence-corrected chi connectivity index (χ4v) is 3.13. The summed E-state index contributed by atoms with van der Waals surface area (Å²) in [5.74, 6) is 0. The van der Waals surface area contributed by atoms with Crippen molar-refractivity contribution < 1.29 is 9.53 Å². The second kappa shape index (κ2) is 5.94. The molecule has 0 atom stereocenters. The van der Waals surface area contributed by atoms with E-state index in [0.29, 0.717) is 29.2 Å². The van der Waals surface area contributed by atoms with Crippen molar-refractivity contribution in [2.75, 3.05) is 6.54 Å². The first-order valence-electron chi connectivity index (χ1n) is 7.11. The summed E-state index contributed by atoms with van der Waals surface area (Å²) in [7, 11) is 0. The quantitative estimate of drug-likeness (QED) is 0.538. The molecule has 0 spiro atoms. The number of hydrogen-bond donors (Lipinski definition) is 1. The van der Waals surface area contributed by atoms with Crippen molar-refractivity contribution in [2.45, 2.75) is 30.4 Å². The van der Waals surface area contributed by atoms with Crippen LogP contribution in [0.25, 0.3) is 11.0 Å². The van der Waals surface area contributed by atoms with Crippen LogP contribution in [0.4, 0.5) is 4.79 Å². The predicted octanol–water partition coefficient (Wildman–Crippen LogP) is 3.24. The number of carbonyl (C=O) groups excluding carboxylic acids is 1. The van der Waals surface area contributed by atoms with E-state index in [1.165, 1.54) is 4.90 Å². The van der Waals surface area contributed by atoms with Crippen LogP contribution in [0.3, 0.4) is 0 Å². The Balaban J connectivity index is 2.00. The molecule has 0 aliphatic carbocycles. The molecule has 23 heavy (non-hydrogen) atoms. The van der Waals surface area contributed by atoms with E-state index in [0.717, 1.165) is 10.9 Å². The number of pyridine rings is 2.